The van der Waals surface area contributed by atoms with E-state index in [4.69, 9.17) is 10.5 Å². The summed E-state index contributed by atoms with van der Waals surface area (Å²) in [5.41, 5.74) is 6.32. The van der Waals surface area contributed by atoms with E-state index < -0.39 is 6.09 Å². The molecule has 1 atom stereocenters. The normalized spacial score (nSPS) is 11.1. The van der Waals surface area contributed by atoms with Gasteiger partial charge in [-0.25, -0.2) is 4.79 Å². The number of halogens is 1. The number of carbonyl (C=O) groups excluding carboxylic acids is 1. The van der Waals surface area contributed by atoms with Crippen LogP contribution in [0.4, 0.5) is 4.79 Å². The molecule has 0 saturated carbocycles. The van der Waals surface area contributed by atoms with E-state index in [2.05, 4.69) is 5.32 Å². The lowest BCUT2D eigenvalue weighted by Crippen LogP contribution is -2.38. The molecule has 0 radical (unpaired) electrons. The molecule has 90 valence electrons. The van der Waals surface area contributed by atoms with Crippen LogP contribution in [0.3, 0.4) is 0 Å². The average molecular weight is 245 g/mol. The summed E-state index contributed by atoms with van der Waals surface area (Å²) in [5, 5.41) is 2.61. The molecule has 0 aliphatic carbocycles. The number of rotatable bonds is 4. The van der Waals surface area contributed by atoms with Crippen molar-refractivity contribution in [2.45, 2.75) is 19.6 Å². The van der Waals surface area contributed by atoms with Crippen LogP contribution in [0.2, 0.25) is 0 Å². The third-order valence-corrected chi connectivity index (χ3v) is 1.93. The molecule has 1 amide bonds. The van der Waals surface area contributed by atoms with Gasteiger partial charge in [0.1, 0.15) is 6.61 Å². The summed E-state index contributed by atoms with van der Waals surface area (Å²) in [5.74, 6) is 0. The largest absolute Gasteiger partial charge is 0.445 e. The summed E-state index contributed by atoms with van der Waals surface area (Å²) >= 11 is 0. The zero-order valence-corrected chi connectivity index (χ0v) is 10.00. The first-order valence-corrected chi connectivity index (χ1v) is 4.89. The monoisotopic (exact) mass is 244 g/mol. The molecule has 16 heavy (non-hydrogen) atoms. The molecule has 0 fully saturated rings. The van der Waals surface area contributed by atoms with Crippen molar-refractivity contribution in [3.63, 3.8) is 0 Å². The van der Waals surface area contributed by atoms with Crippen LogP contribution in [0.5, 0.6) is 0 Å². The standard InChI is InChI=1S/C11H16N2O2.ClH/c1-9(7-12)13-11(14)15-8-10-5-3-2-4-6-10;/h2-6,9H,7-8,12H2,1H3,(H,13,14);1H/t9-;/m0./s1. The van der Waals surface area contributed by atoms with Gasteiger partial charge >= 0.3 is 6.09 Å². The Labute approximate surface area is 102 Å². The molecular weight excluding hydrogens is 228 g/mol. The van der Waals surface area contributed by atoms with E-state index in [0.29, 0.717) is 6.54 Å². The lowest BCUT2D eigenvalue weighted by atomic mass is 10.2. The van der Waals surface area contributed by atoms with E-state index in [0.717, 1.165) is 5.56 Å². The van der Waals surface area contributed by atoms with Gasteiger partial charge in [0.25, 0.3) is 0 Å². The summed E-state index contributed by atoms with van der Waals surface area (Å²) < 4.78 is 4.99. The van der Waals surface area contributed by atoms with Crippen molar-refractivity contribution in [3.05, 3.63) is 35.9 Å². The molecule has 0 saturated heterocycles. The predicted octanol–water partition coefficient (Wildman–Crippen LogP) is 1.68. The van der Waals surface area contributed by atoms with Crippen LogP contribution < -0.4 is 11.1 Å². The summed E-state index contributed by atoms with van der Waals surface area (Å²) in [4.78, 5) is 11.2. The molecule has 1 rings (SSSR count). The second kappa shape index (κ2) is 7.96. The molecule has 5 heteroatoms. The van der Waals surface area contributed by atoms with Gasteiger partial charge in [-0.1, -0.05) is 30.3 Å². The Morgan fingerprint density at radius 1 is 1.44 bits per heavy atom. The molecule has 0 aliphatic rings. The molecule has 1 aromatic carbocycles. The van der Waals surface area contributed by atoms with Gasteiger partial charge in [0, 0.05) is 12.6 Å². The number of amides is 1. The first-order chi connectivity index (χ1) is 7.22. The van der Waals surface area contributed by atoms with Crippen molar-refractivity contribution in [2.24, 2.45) is 5.73 Å². The second-order valence-electron chi connectivity index (χ2n) is 3.34. The quantitative estimate of drug-likeness (QED) is 0.847. The molecule has 0 heterocycles. The number of ether oxygens (including phenoxy) is 1. The van der Waals surface area contributed by atoms with E-state index in [9.17, 15) is 4.79 Å². The molecule has 3 N–H and O–H groups in total. The van der Waals surface area contributed by atoms with E-state index >= 15 is 0 Å². The van der Waals surface area contributed by atoms with Gasteiger partial charge in [-0.15, -0.1) is 12.4 Å². The molecule has 0 aliphatic heterocycles. The van der Waals surface area contributed by atoms with Gasteiger partial charge in [-0.05, 0) is 12.5 Å². The van der Waals surface area contributed by atoms with Gasteiger partial charge in [0.15, 0.2) is 0 Å². The minimum absolute atomic E-state index is 0. The van der Waals surface area contributed by atoms with Gasteiger partial charge in [-0.3, -0.25) is 0 Å². The van der Waals surface area contributed by atoms with Crippen molar-refractivity contribution in [2.75, 3.05) is 6.54 Å². The van der Waals surface area contributed by atoms with Gasteiger partial charge < -0.3 is 15.8 Å². The highest BCUT2D eigenvalue weighted by molar-refractivity contribution is 5.85. The minimum atomic E-state index is -0.434. The number of hydrogen-bond donors (Lipinski definition) is 2. The Bertz CT molecular complexity index is 306. The molecular formula is C11H17ClN2O2. The lowest BCUT2D eigenvalue weighted by molar-refractivity contribution is 0.136. The Morgan fingerprint density at radius 2 is 2.06 bits per heavy atom. The average Bonchev–Trinajstić information content (AvgIpc) is 2.27. The maximum atomic E-state index is 11.2. The summed E-state index contributed by atoms with van der Waals surface area (Å²) in [6.45, 7) is 2.51. The number of nitrogens with one attached hydrogen (secondary N) is 1. The van der Waals surface area contributed by atoms with Gasteiger partial charge in [-0.2, -0.15) is 0 Å². The van der Waals surface area contributed by atoms with Crippen LogP contribution in [-0.4, -0.2) is 18.7 Å². The minimum Gasteiger partial charge on any atom is -0.445 e. The number of benzene rings is 1. The third-order valence-electron chi connectivity index (χ3n) is 1.93. The zero-order chi connectivity index (χ0) is 11.1. The van der Waals surface area contributed by atoms with Crippen molar-refractivity contribution in [1.29, 1.82) is 0 Å². The van der Waals surface area contributed by atoms with Crippen molar-refractivity contribution in [3.8, 4) is 0 Å². The van der Waals surface area contributed by atoms with E-state index in [1.165, 1.54) is 0 Å². The second-order valence-corrected chi connectivity index (χ2v) is 3.34. The summed E-state index contributed by atoms with van der Waals surface area (Å²) in [7, 11) is 0. The Kier molecular flexibility index (Phi) is 7.33. The number of hydrogen-bond acceptors (Lipinski definition) is 3. The van der Waals surface area contributed by atoms with Crippen LogP contribution in [0.25, 0.3) is 0 Å². The molecule has 4 nitrogen and oxygen atoms in total. The number of nitrogens with two attached hydrogens (primary N) is 1. The van der Waals surface area contributed by atoms with Gasteiger partial charge in [0.2, 0.25) is 0 Å². The van der Waals surface area contributed by atoms with Crippen LogP contribution in [0.15, 0.2) is 30.3 Å². The predicted molar refractivity (Wildman–Crippen MR) is 65.5 cm³/mol. The first kappa shape index (κ1) is 14.7. The van der Waals surface area contributed by atoms with Crippen LogP contribution in [0, 0.1) is 0 Å². The van der Waals surface area contributed by atoms with E-state index in [1.807, 2.05) is 37.3 Å². The number of alkyl carbamates (subject to hydrolysis) is 1. The number of carbonyl (C=O) groups is 1. The van der Waals surface area contributed by atoms with E-state index in [-0.39, 0.29) is 25.1 Å². The Balaban J connectivity index is 0.00000225. The lowest BCUT2D eigenvalue weighted by Gasteiger charge is -2.11. The Hall–Kier alpha value is -1.26. The van der Waals surface area contributed by atoms with Crippen LogP contribution in [0.1, 0.15) is 12.5 Å². The highest BCUT2D eigenvalue weighted by Gasteiger charge is 2.05. The summed E-state index contributed by atoms with van der Waals surface area (Å²) in [6.07, 6.45) is -0.434. The first-order valence-electron chi connectivity index (χ1n) is 4.89. The molecule has 0 aromatic heterocycles. The van der Waals surface area contributed by atoms with Crippen molar-refractivity contribution in [1.82, 2.24) is 5.32 Å². The fourth-order valence-corrected chi connectivity index (χ4v) is 1.02. The topological polar surface area (TPSA) is 64.3 Å². The highest BCUT2D eigenvalue weighted by Crippen LogP contribution is 2.00. The smallest absolute Gasteiger partial charge is 0.407 e. The van der Waals surface area contributed by atoms with Crippen LogP contribution in [-0.2, 0) is 11.3 Å². The zero-order valence-electron chi connectivity index (χ0n) is 9.18. The molecule has 1 aromatic rings. The molecule has 0 unspecified atom stereocenters. The summed E-state index contributed by atoms with van der Waals surface area (Å²) in [6, 6.07) is 9.46. The SMILES string of the molecule is C[C@@H](CN)NC(=O)OCc1ccccc1.Cl. The fraction of sp³-hybridized carbons (Fsp3) is 0.364. The maximum absolute atomic E-state index is 11.2. The van der Waals surface area contributed by atoms with Crippen molar-refractivity contribution >= 4 is 18.5 Å². The highest BCUT2D eigenvalue weighted by atomic mass is 35.5. The molecule has 0 spiro atoms. The van der Waals surface area contributed by atoms with E-state index in [1.54, 1.807) is 0 Å². The van der Waals surface area contributed by atoms with Crippen LogP contribution >= 0.6 is 12.4 Å². The molecule has 0 bridgehead atoms. The third kappa shape index (κ3) is 5.58. The van der Waals surface area contributed by atoms with Gasteiger partial charge in [0.05, 0.1) is 0 Å². The maximum Gasteiger partial charge on any atom is 0.407 e. The van der Waals surface area contributed by atoms with Crippen molar-refractivity contribution < 1.29 is 9.53 Å². The fourth-order valence-electron chi connectivity index (χ4n) is 1.02. The Morgan fingerprint density at radius 3 is 2.62 bits per heavy atom.